The van der Waals surface area contributed by atoms with Gasteiger partial charge in [0, 0.05) is 6.20 Å². The third kappa shape index (κ3) is 5.67. The molecule has 0 saturated carbocycles. The number of hydrogen-bond donors (Lipinski definition) is 0. The van der Waals surface area contributed by atoms with Gasteiger partial charge in [0.15, 0.2) is 5.05 Å². The molecule has 2 aromatic rings. The zero-order valence-corrected chi connectivity index (χ0v) is 15.4. The van der Waals surface area contributed by atoms with Gasteiger partial charge >= 0.3 is 0 Å². The van der Waals surface area contributed by atoms with E-state index in [1.165, 1.54) is 13.3 Å². The van der Waals surface area contributed by atoms with Crippen LogP contribution in [0.5, 0.6) is 17.4 Å². The van der Waals surface area contributed by atoms with Gasteiger partial charge in [0.25, 0.3) is 0 Å². The lowest BCUT2D eigenvalue weighted by Gasteiger charge is -2.12. The fraction of sp³-hybridized carbons (Fsp3) is 0.176. The molecular weight excluding hydrogens is 369 g/mol. The number of thiocarbonyl (C=S) groups is 1. The molecule has 24 heavy (non-hydrogen) atoms. The molecule has 1 aromatic heterocycles. The number of ether oxygens (including phenoxy) is 3. The summed E-state index contributed by atoms with van der Waals surface area (Å²) in [5.41, 5.74) is 0. The van der Waals surface area contributed by atoms with E-state index in [9.17, 15) is 0 Å². The minimum Gasteiger partial charge on any atom is -0.487 e. The van der Waals surface area contributed by atoms with E-state index < -0.39 is 0 Å². The second-order valence-electron chi connectivity index (χ2n) is 4.72. The molecule has 1 heterocycles. The maximum absolute atomic E-state index is 6.03. The number of nitrogens with zero attached hydrogens (tertiary/aromatic N) is 1. The summed E-state index contributed by atoms with van der Waals surface area (Å²) in [5, 5.41) is 1.20. The molecule has 0 N–H and O–H groups in total. The Morgan fingerprint density at radius 2 is 1.88 bits per heavy atom. The molecule has 0 fully saturated rings. The van der Waals surface area contributed by atoms with Crippen molar-refractivity contribution in [2.45, 2.75) is 13.0 Å². The van der Waals surface area contributed by atoms with E-state index in [2.05, 4.69) is 4.98 Å². The van der Waals surface area contributed by atoms with Crippen LogP contribution in [0.25, 0.3) is 0 Å². The predicted octanol–water partition coefficient (Wildman–Crippen LogP) is 5.48. The Morgan fingerprint density at radius 3 is 2.50 bits per heavy atom. The van der Waals surface area contributed by atoms with E-state index in [1.54, 1.807) is 36.4 Å². The van der Waals surface area contributed by atoms with E-state index >= 15 is 0 Å². The summed E-state index contributed by atoms with van der Waals surface area (Å²) in [5.74, 6) is 1.57. The van der Waals surface area contributed by atoms with Crippen LogP contribution in [0.2, 0.25) is 10.0 Å². The van der Waals surface area contributed by atoms with Gasteiger partial charge in [-0.15, -0.1) is 0 Å². The molecule has 0 amide bonds. The molecule has 1 unspecified atom stereocenters. The van der Waals surface area contributed by atoms with Gasteiger partial charge in [-0.3, -0.25) is 0 Å². The highest BCUT2D eigenvalue weighted by atomic mass is 35.5. The van der Waals surface area contributed by atoms with Gasteiger partial charge in [0.05, 0.1) is 12.1 Å². The van der Waals surface area contributed by atoms with Crippen molar-refractivity contribution in [2.75, 3.05) is 7.11 Å². The lowest BCUT2D eigenvalue weighted by Crippen LogP contribution is -2.08. The summed E-state index contributed by atoms with van der Waals surface area (Å²) in [7, 11) is 1.53. The van der Waals surface area contributed by atoms with Crippen molar-refractivity contribution >= 4 is 40.5 Å². The molecule has 0 radical (unpaired) electrons. The summed E-state index contributed by atoms with van der Waals surface area (Å²) in [6, 6.07) is 8.67. The Hall–Kier alpha value is -1.82. The largest absolute Gasteiger partial charge is 0.487 e. The van der Waals surface area contributed by atoms with Crippen LogP contribution in [0.3, 0.4) is 0 Å². The molecule has 1 atom stereocenters. The van der Waals surface area contributed by atoms with Crippen LogP contribution in [0.1, 0.15) is 6.92 Å². The van der Waals surface area contributed by atoms with Crippen LogP contribution >= 0.6 is 35.4 Å². The molecular formula is C17H15Cl2NO3S. The minimum atomic E-state index is -0.155. The molecule has 0 saturated heterocycles. The van der Waals surface area contributed by atoms with Crippen molar-refractivity contribution in [3.8, 4) is 17.4 Å². The topological polar surface area (TPSA) is 40.6 Å². The zero-order valence-electron chi connectivity index (χ0n) is 13.0. The third-order valence-electron chi connectivity index (χ3n) is 2.84. The smallest absolute Gasteiger partial charge is 0.238 e. The van der Waals surface area contributed by atoms with Gasteiger partial charge < -0.3 is 14.2 Å². The van der Waals surface area contributed by atoms with Gasteiger partial charge in [0.1, 0.15) is 22.6 Å². The average molecular weight is 384 g/mol. The highest BCUT2D eigenvalue weighted by Crippen LogP contribution is 2.30. The van der Waals surface area contributed by atoms with Crippen molar-refractivity contribution in [1.29, 1.82) is 0 Å². The lowest BCUT2D eigenvalue weighted by molar-refractivity contribution is 0.269. The highest BCUT2D eigenvalue weighted by molar-refractivity contribution is 7.80. The quantitative estimate of drug-likeness (QED) is 0.487. The molecule has 7 heteroatoms. The molecule has 2 rings (SSSR count). The maximum Gasteiger partial charge on any atom is 0.238 e. The molecule has 4 nitrogen and oxygen atoms in total. The van der Waals surface area contributed by atoms with Crippen molar-refractivity contribution in [3.05, 3.63) is 58.7 Å². The van der Waals surface area contributed by atoms with E-state index in [0.717, 1.165) is 0 Å². The fourth-order valence-electron chi connectivity index (χ4n) is 1.71. The molecule has 0 bridgehead atoms. The number of rotatable bonds is 6. The Kier molecular flexibility index (Phi) is 6.85. The maximum atomic E-state index is 6.03. The van der Waals surface area contributed by atoms with Gasteiger partial charge in [-0.25, -0.2) is 4.98 Å². The first-order chi connectivity index (χ1) is 11.5. The van der Waals surface area contributed by atoms with Crippen LogP contribution in [0, 0.1) is 0 Å². The summed E-state index contributed by atoms with van der Waals surface area (Å²) < 4.78 is 16.2. The minimum absolute atomic E-state index is 0.155. The molecule has 0 aliphatic rings. The van der Waals surface area contributed by atoms with Gasteiger partial charge in [-0.2, -0.15) is 0 Å². The molecule has 0 spiro atoms. The molecule has 1 aromatic carbocycles. The number of halogens is 2. The lowest BCUT2D eigenvalue weighted by atomic mass is 10.3. The van der Waals surface area contributed by atoms with Crippen molar-refractivity contribution < 1.29 is 14.2 Å². The van der Waals surface area contributed by atoms with Crippen LogP contribution in [0.4, 0.5) is 0 Å². The molecule has 0 aliphatic carbocycles. The second kappa shape index (κ2) is 8.87. The van der Waals surface area contributed by atoms with Gasteiger partial charge in [-0.1, -0.05) is 23.2 Å². The molecule has 126 valence electrons. The summed E-state index contributed by atoms with van der Waals surface area (Å²) in [4.78, 5) is 4.04. The number of methoxy groups -OCH3 is 1. The van der Waals surface area contributed by atoms with Gasteiger partial charge in [-0.05, 0) is 61.6 Å². The fourth-order valence-corrected chi connectivity index (χ4v) is 2.21. The summed E-state index contributed by atoms with van der Waals surface area (Å²) >= 11 is 16.8. The summed E-state index contributed by atoms with van der Waals surface area (Å²) in [6.45, 7) is 1.90. The first kappa shape index (κ1) is 18.5. The number of pyridine rings is 1. The predicted molar refractivity (Wildman–Crippen MR) is 99.6 cm³/mol. The van der Waals surface area contributed by atoms with E-state index in [1.807, 2.05) is 13.0 Å². The monoisotopic (exact) mass is 383 g/mol. The Bertz CT molecular complexity index is 735. The normalized spacial score (nSPS) is 12.0. The average Bonchev–Trinajstić information content (AvgIpc) is 2.57. The Balaban J connectivity index is 1.97. The Morgan fingerprint density at radius 1 is 1.21 bits per heavy atom. The second-order valence-corrected chi connectivity index (χ2v) is 5.97. The van der Waals surface area contributed by atoms with Gasteiger partial charge in [0.2, 0.25) is 5.88 Å². The van der Waals surface area contributed by atoms with Crippen molar-refractivity contribution in [2.24, 2.45) is 0 Å². The van der Waals surface area contributed by atoms with Crippen molar-refractivity contribution in [3.63, 3.8) is 0 Å². The van der Waals surface area contributed by atoms with E-state index in [4.69, 9.17) is 49.6 Å². The SMILES string of the molecule is COC(=S)C=CC(C)Oc1ccc(Oc2ncc(Cl)cc2Cl)cc1. The van der Waals surface area contributed by atoms with Crippen LogP contribution < -0.4 is 9.47 Å². The molecule has 0 aliphatic heterocycles. The first-order valence-corrected chi connectivity index (χ1v) is 8.16. The standard InChI is InChI=1S/C17H15Cl2NO3S/c1-11(3-8-16(24)21-2)22-13-4-6-14(7-5-13)23-17-15(19)9-12(18)10-20-17/h3-11H,1-2H3. The number of hydrogen-bond acceptors (Lipinski definition) is 5. The number of benzene rings is 1. The third-order valence-corrected chi connectivity index (χ3v) is 3.62. The zero-order chi connectivity index (χ0) is 17.5. The van der Waals surface area contributed by atoms with Crippen LogP contribution in [-0.4, -0.2) is 23.2 Å². The Labute approximate surface area is 156 Å². The van der Waals surface area contributed by atoms with Crippen molar-refractivity contribution in [1.82, 2.24) is 4.98 Å². The van der Waals surface area contributed by atoms with Crippen LogP contribution in [-0.2, 0) is 4.74 Å². The summed E-state index contributed by atoms with van der Waals surface area (Å²) in [6.07, 6.45) is 4.81. The highest BCUT2D eigenvalue weighted by Gasteiger charge is 2.07. The van der Waals surface area contributed by atoms with E-state index in [0.29, 0.717) is 32.5 Å². The van der Waals surface area contributed by atoms with E-state index in [-0.39, 0.29) is 6.10 Å². The first-order valence-electron chi connectivity index (χ1n) is 6.99. The van der Waals surface area contributed by atoms with Crippen LogP contribution in [0.15, 0.2) is 48.7 Å². The number of aromatic nitrogens is 1.